The summed E-state index contributed by atoms with van der Waals surface area (Å²) in [5.74, 6) is 0.540. The van der Waals surface area contributed by atoms with Crippen molar-refractivity contribution >= 4 is 11.8 Å². The highest BCUT2D eigenvalue weighted by atomic mass is 16.3. The van der Waals surface area contributed by atoms with Crippen LogP contribution in [0.2, 0.25) is 0 Å². The number of carbonyl (C=O) groups excluding carboxylic acids is 2. The summed E-state index contributed by atoms with van der Waals surface area (Å²) in [5.41, 5.74) is 0. The van der Waals surface area contributed by atoms with Gasteiger partial charge in [-0.1, -0.05) is 0 Å². The second-order valence-electron chi connectivity index (χ2n) is 3.51. The van der Waals surface area contributed by atoms with Crippen LogP contribution in [-0.4, -0.2) is 28.2 Å². The van der Waals surface area contributed by atoms with E-state index in [9.17, 15) is 9.59 Å². The summed E-state index contributed by atoms with van der Waals surface area (Å²) >= 11 is 0. The molecule has 0 bridgehead atoms. The second-order valence-corrected chi connectivity index (χ2v) is 3.51. The maximum Gasteiger partial charge on any atom is 0.229 e. The Balaban J connectivity index is 1.92. The minimum atomic E-state index is -0.0780. The van der Waals surface area contributed by atoms with Crippen LogP contribution >= 0.6 is 0 Å². The van der Waals surface area contributed by atoms with Gasteiger partial charge in [0.2, 0.25) is 11.8 Å². The minimum Gasteiger partial charge on any atom is -0.448 e. The topological polar surface area (TPSA) is 63.4 Å². The normalized spacial score (nSPS) is 17.2. The van der Waals surface area contributed by atoms with E-state index in [1.807, 2.05) is 0 Å². The maximum absolute atomic E-state index is 11.4. The number of aromatic nitrogens is 1. The number of imide groups is 1. The Morgan fingerprint density at radius 2 is 2.07 bits per heavy atom. The van der Waals surface area contributed by atoms with Gasteiger partial charge < -0.3 is 4.42 Å². The molecule has 0 aromatic carbocycles. The molecule has 2 rings (SSSR count). The van der Waals surface area contributed by atoms with E-state index in [4.69, 9.17) is 4.42 Å². The quantitative estimate of drug-likeness (QED) is 0.688. The lowest BCUT2D eigenvalue weighted by Crippen LogP contribution is -2.41. The Labute approximate surface area is 87.1 Å². The summed E-state index contributed by atoms with van der Waals surface area (Å²) < 4.78 is 5.03. The lowest BCUT2D eigenvalue weighted by Gasteiger charge is -2.24. The molecule has 1 aliphatic heterocycles. The van der Waals surface area contributed by atoms with Crippen LogP contribution in [0.3, 0.4) is 0 Å². The van der Waals surface area contributed by atoms with Crippen molar-refractivity contribution in [2.75, 3.05) is 6.54 Å². The largest absolute Gasteiger partial charge is 0.448 e. The predicted molar refractivity (Wildman–Crippen MR) is 50.8 cm³/mol. The first kappa shape index (κ1) is 9.89. The Morgan fingerprint density at radius 1 is 1.33 bits per heavy atom. The fraction of sp³-hybridized carbons (Fsp3) is 0.500. The fourth-order valence-electron chi connectivity index (χ4n) is 1.64. The first-order chi connectivity index (χ1) is 7.27. The minimum absolute atomic E-state index is 0.0780. The molecule has 1 aromatic heterocycles. The van der Waals surface area contributed by atoms with Gasteiger partial charge in [-0.2, -0.15) is 0 Å². The molecule has 2 heterocycles. The van der Waals surface area contributed by atoms with E-state index in [1.54, 1.807) is 6.20 Å². The lowest BCUT2D eigenvalue weighted by molar-refractivity contribution is -0.147. The molecule has 0 radical (unpaired) electrons. The predicted octanol–water partition coefficient (Wildman–Crippen LogP) is 0.756. The molecular formula is C10H12N2O3. The number of carbonyl (C=O) groups is 2. The number of hydrogen-bond donors (Lipinski definition) is 0. The SMILES string of the molecule is O=C1CCCC(=O)N1CCc1cnco1. The van der Waals surface area contributed by atoms with E-state index >= 15 is 0 Å². The smallest absolute Gasteiger partial charge is 0.229 e. The third kappa shape index (κ3) is 2.23. The van der Waals surface area contributed by atoms with Crippen molar-refractivity contribution < 1.29 is 14.0 Å². The van der Waals surface area contributed by atoms with Crippen LogP contribution in [0.4, 0.5) is 0 Å². The summed E-state index contributed by atoms with van der Waals surface area (Å²) in [6.07, 6.45) is 5.10. The summed E-state index contributed by atoms with van der Waals surface area (Å²) in [4.78, 5) is 27.9. The molecule has 1 aromatic rings. The van der Waals surface area contributed by atoms with E-state index in [0.29, 0.717) is 38.0 Å². The van der Waals surface area contributed by atoms with Crippen molar-refractivity contribution in [2.24, 2.45) is 0 Å². The van der Waals surface area contributed by atoms with Crippen LogP contribution in [0.25, 0.3) is 0 Å². The van der Waals surface area contributed by atoms with E-state index in [1.165, 1.54) is 11.3 Å². The van der Waals surface area contributed by atoms with Gasteiger partial charge in [0.05, 0.1) is 6.20 Å². The van der Waals surface area contributed by atoms with Crippen LogP contribution in [0.5, 0.6) is 0 Å². The zero-order valence-electron chi connectivity index (χ0n) is 8.31. The Morgan fingerprint density at radius 3 is 2.67 bits per heavy atom. The average molecular weight is 208 g/mol. The summed E-state index contributed by atoms with van der Waals surface area (Å²) in [7, 11) is 0. The molecule has 2 amide bonds. The van der Waals surface area contributed by atoms with Crippen molar-refractivity contribution in [3.8, 4) is 0 Å². The van der Waals surface area contributed by atoms with Gasteiger partial charge in [0.15, 0.2) is 6.39 Å². The summed E-state index contributed by atoms with van der Waals surface area (Å²) in [6, 6.07) is 0. The van der Waals surface area contributed by atoms with Crippen molar-refractivity contribution in [1.29, 1.82) is 0 Å². The zero-order chi connectivity index (χ0) is 10.7. The molecule has 5 heteroatoms. The van der Waals surface area contributed by atoms with Gasteiger partial charge in [0, 0.05) is 25.8 Å². The molecule has 15 heavy (non-hydrogen) atoms. The van der Waals surface area contributed by atoms with Gasteiger partial charge in [0.1, 0.15) is 5.76 Å². The molecule has 1 saturated heterocycles. The standard InChI is InChI=1S/C10H12N2O3/c13-9-2-1-3-10(14)12(9)5-4-8-6-11-7-15-8/h6-7H,1-5H2. The Hall–Kier alpha value is -1.65. The fourth-order valence-corrected chi connectivity index (χ4v) is 1.64. The third-order valence-electron chi connectivity index (χ3n) is 2.45. The number of piperidine rings is 1. The molecule has 5 nitrogen and oxygen atoms in total. The van der Waals surface area contributed by atoms with Crippen LogP contribution in [0.1, 0.15) is 25.0 Å². The molecule has 0 spiro atoms. The molecule has 1 fully saturated rings. The van der Waals surface area contributed by atoms with Gasteiger partial charge in [0.25, 0.3) is 0 Å². The molecule has 0 saturated carbocycles. The Bertz CT molecular complexity index is 343. The van der Waals surface area contributed by atoms with Crippen molar-refractivity contribution in [3.63, 3.8) is 0 Å². The van der Waals surface area contributed by atoms with E-state index in [2.05, 4.69) is 4.98 Å². The molecule has 0 N–H and O–H groups in total. The number of oxazole rings is 1. The van der Waals surface area contributed by atoms with Crippen molar-refractivity contribution in [1.82, 2.24) is 9.88 Å². The first-order valence-electron chi connectivity index (χ1n) is 4.98. The highest BCUT2D eigenvalue weighted by Gasteiger charge is 2.25. The van der Waals surface area contributed by atoms with Crippen LogP contribution in [0, 0.1) is 0 Å². The molecule has 0 unspecified atom stereocenters. The molecule has 0 aliphatic carbocycles. The molecule has 80 valence electrons. The zero-order valence-corrected chi connectivity index (χ0v) is 8.31. The van der Waals surface area contributed by atoms with Crippen LogP contribution in [0.15, 0.2) is 17.0 Å². The molecular weight excluding hydrogens is 196 g/mol. The van der Waals surface area contributed by atoms with Crippen molar-refractivity contribution in [2.45, 2.75) is 25.7 Å². The van der Waals surface area contributed by atoms with E-state index in [0.717, 1.165) is 0 Å². The molecule has 1 aliphatic rings. The highest BCUT2D eigenvalue weighted by molar-refractivity contribution is 5.97. The monoisotopic (exact) mass is 208 g/mol. The van der Waals surface area contributed by atoms with Crippen LogP contribution < -0.4 is 0 Å². The molecule has 0 atom stereocenters. The highest BCUT2D eigenvalue weighted by Crippen LogP contribution is 2.12. The summed E-state index contributed by atoms with van der Waals surface area (Å²) in [6.45, 7) is 0.396. The van der Waals surface area contributed by atoms with Crippen LogP contribution in [-0.2, 0) is 16.0 Å². The third-order valence-corrected chi connectivity index (χ3v) is 2.45. The number of amides is 2. The van der Waals surface area contributed by atoms with Gasteiger partial charge in [-0.3, -0.25) is 14.5 Å². The second kappa shape index (κ2) is 4.25. The van der Waals surface area contributed by atoms with Gasteiger partial charge >= 0.3 is 0 Å². The Kier molecular flexibility index (Phi) is 2.80. The van der Waals surface area contributed by atoms with E-state index in [-0.39, 0.29) is 11.8 Å². The van der Waals surface area contributed by atoms with E-state index < -0.39 is 0 Å². The van der Waals surface area contributed by atoms with Gasteiger partial charge in [-0.25, -0.2) is 4.98 Å². The summed E-state index contributed by atoms with van der Waals surface area (Å²) in [5, 5.41) is 0. The lowest BCUT2D eigenvalue weighted by atomic mass is 10.1. The number of rotatable bonds is 3. The number of likely N-dealkylation sites (tertiary alicyclic amines) is 1. The van der Waals surface area contributed by atoms with Gasteiger partial charge in [-0.05, 0) is 6.42 Å². The van der Waals surface area contributed by atoms with Gasteiger partial charge in [-0.15, -0.1) is 0 Å². The first-order valence-corrected chi connectivity index (χ1v) is 4.98. The van der Waals surface area contributed by atoms with Crippen molar-refractivity contribution in [3.05, 3.63) is 18.4 Å². The number of nitrogens with zero attached hydrogens (tertiary/aromatic N) is 2. The number of hydrogen-bond acceptors (Lipinski definition) is 4. The maximum atomic E-state index is 11.4. The average Bonchev–Trinajstić information content (AvgIpc) is 2.70.